The molecule has 1 aliphatic rings. The van der Waals surface area contributed by atoms with Crippen LogP contribution >= 0.6 is 12.4 Å². The highest BCUT2D eigenvalue weighted by atomic mass is 35.5. The number of halogens is 1. The van der Waals surface area contributed by atoms with Crippen molar-refractivity contribution in [2.24, 2.45) is 0 Å². The van der Waals surface area contributed by atoms with E-state index in [9.17, 15) is 0 Å². The van der Waals surface area contributed by atoms with Gasteiger partial charge in [-0.05, 0) is 18.5 Å². The molecule has 3 rings (SSSR count). The van der Waals surface area contributed by atoms with E-state index in [4.69, 9.17) is 0 Å². The van der Waals surface area contributed by atoms with Gasteiger partial charge in [-0.15, -0.1) is 12.4 Å². The molecule has 5 heteroatoms. The molecular weight excluding hydrogens is 260 g/mol. The van der Waals surface area contributed by atoms with Crippen molar-refractivity contribution in [2.45, 2.75) is 6.42 Å². The fourth-order valence-electron chi connectivity index (χ4n) is 2.31. The first-order valence-corrected chi connectivity index (χ1v) is 6.50. The Hall–Kier alpha value is -1.52. The summed E-state index contributed by atoms with van der Waals surface area (Å²) in [5, 5.41) is 11.0. The minimum absolute atomic E-state index is 0. The summed E-state index contributed by atoms with van der Waals surface area (Å²) in [4.78, 5) is 2.34. The molecule has 2 aromatic rings. The van der Waals surface area contributed by atoms with Gasteiger partial charge in [-0.1, -0.05) is 30.3 Å². The summed E-state index contributed by atoms with van der Waals surface area (Å²) in [5.74, 6) is 1.05. The molecule has 102 valence electrons. The van der Waals surface area contributed by atoms with E-state index in [0.29, 0.717) is 0 Å². The van der Waals surface area contributed by atoms with Crippen molar-refractivity contribution in [2.75, 3.05) is 31.1 Å². The molecule has 0 bridgehead atoms. The van der Waals surface area contributed by atoms with Crippen LogP contribution in [0.25, 0.3) is 11.3 Å². The molecule has 0 saturated carbocycles. The van der Waals surface area contributed by atoms with Crippen molar-refractivity contribution in [3.63, 3.8) is 0 Å². The van der Waals surface area contributed by atoms with E-state index in [1.54, 1.807) is 0 Å². The molecule has 0 atom stereocenters. The number of benzene rings is 1. The quantitative estimate of drug-likeness (QED) is 0.886. The van der Waals surface area contributed by atoms with Gasteiger partial charge in [0, 0.05) is 25.7 Å². The largest absolute Gasteiger partial charge is 0.354 e. The predicted molar refractivity (Wildman–Crippen MR) is 81.0 cm³/mol. The average Bonchev–Trinajstić information content (AvgIpc) is 2.76. The summed E-state index contributed by atoms with van der Waals surface area (Å²) in [7, 11) is 0. The number of nitrogens with one attached hydrogen (secondary N) is 2. The van der Waals surface area contributed by atoms with Crippen molar-refractivity contribution in [3.05, 3.63) is 36.4 Å². The fraction of sp³-hybridized carbons (Fsp3) is 0.357. The van der Waals surface area contributed by atoms with E-state index in [1.807, 2.05) is 18.2 Å². The molecular formula is C14H19ClN4. The zero-order valence-electron chi connectivity index (χ0n) is 10.8. The molecule has 2 N–H and O–H groups in total. The summed E-state index contributed by atoms with van der Waals surface area (Å²) in [6.45, 7) is 4.24. The van der Waals surface area contributed by atoms with Crippen LogP contribution in [0.4, 0.5) is 5.82 Å². The van der Waals surface area contributed by atoms with Crippen LogP contribution in [0.3, 0.4) is 0 Å². The van der Waals surface area contributed by atoms with Crippen LogP contribution in [0.15, 0.2) is 36.4 Å². The Kier molecular flexibility index (Phi) is 4.82. The number of hydrogen-bond donors (Lipinski definition) is 2. The lowest BCUT2D eigenvalue weighted by Gasteiger charge is -2.18. The Morgan fingerprint density at radius 2 is 1.89 bits per heavy atom. The van der Waals surface area contributed by atoms with Gasteiger partial charge in [0.15, 0.2) is 5.82 Å². The zero-order valence-corrected chi connectivity index (χ0v) is 11.6. The Morgan fingerprint density at radius 1 is 1.05 bits per heavy atom. The first-order chi connectivity index (χ1) is 8.93. The number of aromatic nitrogens is 2. The van der Waals surface area contributed by atoms with Gasteiger partial charge < -0.3 is 10.2 Å². The Bertz CT molecular complexity index is 489. The van der Waals surface area contributed by atoms with Crippen LogP contribution < -0.4 is 10.2 Å². The Labute approximate surface area is 119 Å². The van der Waals surface area contributed by atoms with E-state index in [2.05, 4.69) is 38.6 Å². The number of aromatic amines is 1. The molecule has 1 fully saturated rings. The Balaban J connectivity index is 0.00000133. The lowest BCUT2D eigenvalue weighted by molar-refractivity contribution is 0.724. The maximum absolute atomic E-state index is 4.43. The zero-order chi connectivity index (χ0) is 12.2. The van der Waals surface area contributed by atoms with Crippen LogP contribution in [-0.4, -0.2) is 36.4 Å². The van der Waals surface area contributed by atoms with Crippen LogP contribution in [-0.2, 0) is 0 Å². The molecule has 1 aromatic carbocycles. The van der Waals surface area contributed by atoms with Crippen LogP contribution in [0, 0.1) is 0 Å². The van der Waals surface area contributed by atoms with Crippen molar-refractivity contribution >= 4 is 18.2 Å². The van der Waals surface area contributed by atoms with Gasteiger partial charge in [0.2, 0.25) is 0 Å². The normalized spacial score (nSPS) is 15.7. The smallest absolute Gasteiger partial charge is 0.151 e. The van der Waals surface area contributed by atoms with E-state index in [0.717, 1.165) is 37.7 Å². The molecule has 1 aromatic heterocycles. The van der Waals surface area contributed by atoms with Gasteiger partial charge in [-0.25, -0.2) is 0 Å². The number of hydrogen-bond acceptors (Lipinski definition) is 3. The third-order valence-electron chi connectivity index (χ3n) is 3.31. The van der Waals surface area contributed by atoms with E-state index < -0.39 is 0 Å². The maximum Gasteiger partial charge on any atom is 0.151 e. The van der Waals surface area contributed by atoms with Crippen molar-refractivity contribution in [1.82, 2.24) is 15.5 Å². The lowest BCUT2D eigenvalue weighted by Crippen LogP contribution is -2.28. The molecule has 19 heavy (non-hydrogen) atoms. The maximum atomic E-state index is 4.43. The van der Waals surface area contributed by atoms with E-state index >= 15 is 0 Å². The highest BCUT2D eigenvalue weighted by molar-refractivity contribution is 5.85. The molecule has 0 aliphatic carbocycles. The van der Waals surface area contributed by atoms with Gasteiger partial charge >= 0.3 is 0 Å². The second-order valence-corrected chi connectivity index (χ2v) is 4.60. The van der Waals surface area contributed by atoms with Crippen molar-refractivity contribution in [3.8, 4) is 11.3 Å². The molecule has 1 aliphatic heterocycles. The van der Waals surface area contributed by atoms with Gasteiger partial charge in [0.1, 0.15) is 0 Å². The average molecular weight is 279 g/mol. The van der Waals surface area contributed by atoms with Gasteiger partial charge in [0.25, 0.3) is 0 Å². The second kappa shape index (κ2) is 6.59. The first kappa shape index (κ1) is 13.9. The number of nitrogens with zero attached hydrogens (tertiary/aromatic N) is 2. The third kappa shape index (κ3) is 3.28. The minimum atomic E-state index is 0. The number of anilines is 1. The highest BCUT2D eigenvalue weighted by Gasteiger charge is 2.12. The summed E-state index contributed by atoms with van der Waals surface area (Å²) in [6, 6.07) is 12.5. The van der Waals surface area contributed by atoms with Crippen LogP contribution in [0.5, 0.6) is 0 Å². The monoisotopic (exact) mass is 278 g/mol. The SMILES string of the molecule is Cl.c1ccc(-c2cc(N3CCCNCC3)n[nH]2)cc1. The highest BCUT2D eigenvalue weighted by Crippen LogP contribution is 2.21. The van der Waals surface area contributed by atoms with E-state index in [1.165, 1.54) is 12.0 Å². The van der Waals surface area contributed by atoms with Crippen LogP contribution in [0.1, 0.15) is 6.42 Å². The summed E-state index contributed by atoms with van der Waals surface area (Å²) in [6.07, 6.45) is 1.17. The molecule has 4 nitrogen and oxygen atoms in total. The molecule has 0 amide bonds. The van der Waals surface area contributed by atoms with Gasteiger partial charge in [-0.2, -0.15) is 5.10 Å². The number of H-pyrrole nitrogens is 1. The summed E-state index contributed by atoms with van der Waals surface area (Å²) in [5.41, 5.74) is 2.27. The van der Waals surface area contributed by atoms with Crippen molar-refractivity contribution < 1.29 is 0 Å². The van der Waals surface area contributed by atoms with Gasteiger partial charge in [-0.3, -0.25) is 5.10 Å². The predicted octanol–water partition coefficient (Wildman–Crippen LogP) is 2.30. The molecule has 0 unspecified atom stereocenters. The fourth-order valence-corrected chi connectivity index (χ4v) is 2.31. The first-order valence-electron chi connectivity index (χ1n) is 6.50. The van der Waals surface area contributed by atoms with Gasteiger partial charge in [0.05, 0.1) is 5.69 Å². The standard InChI is InChI=1S/C14H18N4.ClH/c1-2-5-12(6-3-1)13-11-14(17-16-13)18-9-4-7-15-8-10-18;/h1-3,5-6,11,15H,4,7-10H2,(H,16,17);1H. The lowest BCUT2D eigenvalue weighted by atomic mass is 10.1. The van der Waals surface area contributed by atoms with E-state index in [-0.39, 0.29) is 12.4 Å². The molecule has 1 saturated heterocycles. The molecule has 0 radical (unpaired) electrons. The van der Waals surface area contributed by atoms with Crippen molar-refractivity contribution in [1.29, 1.82) is 0 Å². The molecule has 2 heterocycles. The minimum Gasteiger partial charge on any atom is -0.354 e. The second-order valence-electron chi connectivity index (χ2n) is 4.60. The van der Waals surface area contributed by atoms with Crippen LogP contribution in [0.2, 0.25) is 0 Å². The number of rotatable bonds is 2. The third-order valence-corrected chi connectivity index (χ3v) is 3.31. The Morgan fingerprint density at radius 3 is 2.74 bits per heavy atom. The summed E-state index contributed by atoms with van der Waals surface area (Å²) < 4.78 is 0. The molecule has 0 spiro atoms. The summed E-state index contributed by atoms with van der Waals surface area (Å²) >= 11 is 0. The topological polar surface area (TPSA) is 44.0 Å².